The number of benzene rings is 1. The van der Waals surface area contributed by atoms with Gasteiger partial charge < -0.3 is 9.64 Å². The lowest BCUT2D eigenvalue weighted by atomic mass is 10.0. The smallest absolute Gasteiger partial charge is 0.226 e. The Morgan fingerprint density at radius 2 is 1.96 bits per heavy atom. The molecule has 2 aromatic rings. The van der Waals surface area contributed by atoms with E-state index in [1.165, 1.54) is 5.56 Å². The minimum atomic E-state index is 0.211. The van der Waals surface area contributed by atoms with Crippen LogP contribution in [0, 0.1) is 0 Å². The fraction of sp³-hybridized carbons (Fsp3) is 0.400. The molecule has 1 aromatic heterocycles. The van der Waals surface area contributed by atoms with E-state index in [1.54, 1.807) is 0 Å². The molecule has 0 bridgehead atoms. The molecule has 0 unspecified atom stereocenters. The number of rotatable bonds is 7. The van der Waals surface area contributed by atoms with Gasteiger partial charge in [0.1, 0.15) is 5.75 Å². The Hall–Kier alpha value is -2.36. The summed E-state index contributed by atoms with van der Waals surface area (Å²) in [6.07, 6.45) is 8.33. The van der Waals surface area contributed by atoms with Crippen molar-refractivity contribution in [1.82, 2.24) is 9.88 Å². The van der Waals surface area contributed by atoms with Gasteiger partial charge in [0.05, 0.1) is 13.0 Å². The second kappa shape index (κ2) is 8.48. The number of ether oxygens (including phenoxy) is 1. The Morgan fingerprint density at radius 3 is 2.75 bits per heavy atom. The number of nitrogens with zero attached hydrogens (tertiary/aromatic N) is 2. The third kappa shape index (κ3) is 4.57. The van der Waals surface area contributed by atoms with Gasteiger partial charge in [-0.15, -0.1) is 0 Å². The van der Waals surface area contributed by atoms with Crippen LogP contribution in [0.2, 0.25) is 0 Å². The Kier molecular flexibility index (Phi) is 5.83. The summed E-state index contributed by atoms with van der Waals surface area (Å²) in [5.74, 6) is 1.03. The van der Waals surface area contributed by atoms with E-state index in [9.17, 15) is 4.79 Å². The summed E-state index contributed by atoms with van der Waals surface area (Å²) >= 11 is 0. The summed E-state index contributed by atoms with van der Waals surface area (Å²) in [5, 5.41) is 0. The number of aryl methyl sites for hydroxylation is 1. The third-order valence-electron chi connectivity index (χ3n) is 4.54. The average molecular weight is 324 g/mol. The molecule has 0 aliphatic carbocycles. The molecule has 4 heteroatoms. The summed E-state index contributed by atoms with van der Waals surface area (Å²) in [7, 11) is 0. The minimum absolute atomic E-state index is 0.211. The second-order valence-corrected chi connectivity index (χ2v) is 6.19. The predicted molar refractivity (Wildman–Crippen MR) is 93.8 cm³/mol. The lowest BCUT2D eigenvalue weighted by molar-refractivity contribution is -0.132. The monoisotopic (exact) mass is 324 g/mol. The molecule has 126 valence electrons. The zero-order valence-electron chi connectivity index (χ0n) is 13.9. The van der Waals surface area contributed by atoms with Gasteiger partial charge in [0.2, 0.25) is 5.91 Å². The number of carbonyl (C=O) groups is 1. The highest BCUT2D eigenvalue weighted by Gasteiger charge is 2.27. The molecule has 1 fully saturated rings. The summed E-state index contributed by atoms with van der Waals surface area (Å²) in [5.41, 5.74) is 1.29. The van der Waals surface area contributed by atoms with Gasteiger partial charge in [-0.3, -0.25) is 9.78 Å². The zero-order valence-corrected chi connectivity index (χ0v) is 13.9. The van der Waals surface area contributed by atoms with Crippen LogP contribution in [0.3, 0.4) is 0 Å². The first-order valence-electron chi connectivity index (χ1n) is 8.69. The number of hydrogen-bond donors (Lipinski definition) is 0. The Balaban J connectivity index is 1.45. The highest BCUT2D eigenvalue weighted by atomic mass is 16.5. The topological polar surface area (TPSA) is 42.4 Å². The number of para-hydroxylation sites is 1. The standard InChI is InChI=1S/C20H24N2O2/c23-20(12-16-24-19-6-2-1-3-7-19)22-15-4-5-18(22)9-8-17-10-13-21-14-11-17/h1-3,6-7,10-11,13-14,18H,4-5,8-9,12,15-16H2/t18-/m1/s1. The van der Waals surface area contributed by atoms with Crippen molar-refractivity contribution in [3.63, 3.8) is 0 Å². The lowest BCUT2D eigenvalue weighted by Crippen LogP contribution is -2.36. The zero-order chi connectivity index (χ0) is 16.6. The third-order valence-corrected chi connectivity index (χ3v) is 4.54. The van der Waals surface area contributed by atoms with E-state index in [-0.39, 0.29) is 5.91 Å². The van der Waals surface area contributed by atoms with Gasteiger partial charge >= 0.3 is 0 Å². The lowest BCUT2D eigenvalue weighted by Gasteiger charge is -2.25. The molecule has 2 heterocycles. The second-order valence-electron chi connectivity index (χ2n) is 6.19. The quantitative estimate of drug-likeness (QED) is 0.783. The molecule has 1 aromatic carbocycles. The van der Waals surface area contributed by atoms with Crippen LogP contribution in [0.4, 0.5) is 0 Å². The van der Waals surface area contributed by atoms with Crippen molar-refractivity contribution in [2.45, 2.75) is 38.1 Å². The summed E-state index contributed by atoms with van der Waals surface area (Å²) in [6.45, 7) is 1.32. The number of pyridine rings is 1. The highest BCUT2D eigenvalue weighted by Crippen LogP contribution is 2.22. The van der Waals surface area contributed by atoms with Gasteiger partial charge in [-0.2, -0.15) is 0 Å². The van der Waals surface area contributed by atoms with Crippen molar-refractivity contribution in [1.29, 1.82) is 0 Å². The SMILES string of the molecule is O=C(CCOc1ccccc1)N1CCC[C@@H]1CCc1ccncc1. The molecular formula is C20H24N2O2. The number of hydrogen-bond acceptors (Lipinski definition) is 3. The summed E-state index contributed by atoms with van der Waals surface area (Å²) in [6, 6.07) is 14.1. The maximum absolute atomic E-state index is 12.5. The summed E-state index contributed by atoms with van der Waals surface area (Å²) < 4.78 is 5.65. The van der Waals surface area contributed by atoms with Crippen molar-refractivity contribution in [3.8, 4) is 5.75 Å². The van der Waals surface area contributed by atoms with E-state index in [2.05, 4.69) is 22.0 Å². The van der Waals surface area contributed by atoms with Gasteiger partial charge in [0, 0.05) is 25.0 Å². The van der Waals surface area contributed by atoms with Crippen molar-refractivity contribution in [2.75, 3.05) is 13.2 Å². The van der Waals surface area contributed by atoms with Gasteiger partial charge in [-0.25, -0.2) is 0 Å². The van der Waals surface area contributed by atoms with Gasteiger partial charge in [0.15, 0.2) is 0 Å². The van der Waals surface area contributed by atoms with Gasteiger partial charge in [-0.05, 0) is 55.5 Å². The van der Waals surface area contributed by atoms with Gasteiger partial charge in [0.25, 0.3) is 0 Å². The first-order valence-corrected chi connectivity index (χ1v) is 8.69. The van der Waals surface area contributed by atoms with E-state index >= 15 is 0 Å². The van der Waals surface area contributed by atoms with E-state index in [0.29, 0.717) is 19.1 Å². The Morgan fingerprint density at radius 1 is 1.17 bits per heavy atom. The van der Waals surface area contributed by atoms with E-state index < -0.39 is 0 Å². The van der Waals surface area contributed by atoms with Crippen LogP contribution >= 0.6 is 0 Å². The Labute approximate surface area is 143 Å². The first-order chi connectivity index (χ1) is 11.8. The molecular weight excluding hydrogens is 300 g/mol. The molecule has 24 heavy (non-hydrogen) atoms. The van der Waals surface area contributed by atoms with E-state index in [4.69, 9.17) is 4.74 Å². The Bertz CT molecular complexity index is 631. The average Bonchev–Trinajstić information content (AvgIpc) is 3.10. The largest absolute Gasteiger partial charge is 0.493 e. The molecule has 1 aliphatic rings. The van der Waals surface area contributed by atoms with Crippen LogP contribution in [0.25, 0.3) is 0 Å². The fourth-order valence-corrected chi connectivity index (χ4v) is 3.26. The van der Waals surface area contributed by atoms with E-state index in [1.807, 2.05) is 42.7 Å². The van der Waals surface area contributed by atoms with Crippen molar-refractivity contribution < 1.29 is 9.53 Å². The molecule has 1 aliphatic heterocycles. The molecule has 1 amide bonds. The fourth-order valence-electron chi connectivity index (χ4n) is 3.26. The van der Waals surface area contributed by atoms with Crippen LogP contribution < -0.4 is 4.74 Å². The first kappa shape index (κ1) is 16.5. The number of amides is 1. The molecule has 3 rings (SSSR count). The molecule has 0 N–H and O–H groups in total. The summed E-state index contributed by atoms with van der Waals surface area (Å²) in [4.78, 5) is 18.6. The van der Waals surface area contributed by atoms with Crippen LogP contribution in [-0.2, 0) is 11.2 Å². The predicted octanol–water partition coefficient (Wildman–Crippen LogP) is 3.47. The molecule has 1 atom stereocenters. The minimum Gasteiger partial charge on any atom is -0.493 e. The van der Waals surface area contributed by atoms with E-state index in [0.717, 1.165) is 38.0 Å². The number of aromatic nitrogens is 1. The van der Waals surface area contributed by atoms with Crippen LogP contribution in [-0.4, -0.2) is 35.0 Å². The molecule has 0 radical (unpaired) electrons. The molecule has 0 saturated carbocycles. The molecule has 4 nitrogen and oxygen atoms in total. The van der Waals surface area contributed by atoms with Crippen molar-refractivity contribution >= 4 is 5.91 Å². The van der Waals surface area contributed by atoms with Crippen molar-refractivity contribution in [3.05, 3.63) is 60.4 Å². The number of carbonyl (C=O) groups excluding carboxylic acids is 1. The number of likely N-dealkylation sites (tertiary alicyclic amines) is 1. The maximum atomic E-state index is 12.5. The van der Waals surface area contributed by atoms with Crippen molar-refractivity contribution in [2.24, 2.45) is 0 Å². The highest BCUT2D eigenvalue weighted by molar-refractivity contribution is 5.77. The normalized spacial score (nSPS) is 17.0. The molecule has 0 spiro atoms. The van der Waals surface area contributed by atoms with Crippen LogP contribution in [0.5, 0.6) is 5.75 Å². The van der Waals surface area contributed by atoms with Gasteiger partial charge in [-0.1, -0.05) is 18.2 Å². The maximum Gasteiger partial charge on any atom is 0.226 e. The van der Waals surface area contributed by atoms with Crippen LogP contribution in [0.15, 0.2) is 54.9 Å². The van der Waals surface area contributed by atoms with Crippen LogP contribution in [0.1, 0.15) is 31.2 Å². The molecule has 1 saturated heterocycles.